The molecule has 1 aliphatic rings. The minimum absolute atomic E-state index is 0.133. The van der Waals surface area contributed by atoms with Crippen molar-refractivity contribution in [2.45, 2.75) is 45.4 Å². The van der Waals surface area contributed by atoms with Crippen LogP contribution in [0.4, 0.5) is 5.69 Å². The SMILES string of the molecule is CCCCCCCC=CC(=O)N1CCN(c2ccc(O)cc2)CC1. The first-order valence-corrected chi connectivity index (χ1v) is 9.20. The maximum atomic E-state index is 12.2. The molecule has 0 saturated carbocycles. The molecule has 1 aromatic carbocycles. The number of hydrogen-bond acceptors (Lipinski definition) is 3. The number of rotatable bonds is 8. The van der Waals surface area contributed by atoms with E-state index in [4.69, 9.17) is 0 Å². The monoisotopic (exact) mass is 330 g/mol. The van der Waals surface area contributed by atoms with E-state index in [-0.39, 0.29) is 11.7 Å². The lowest BCUT2D eigenvalue weighted by Gasteiger charge is -2.35. The zero-order valence-electron chi connectivity index (χ0n) is 14.8. The summed E-state index contributed by atoms with van der Waals surface area (Å²) in [5, 5.41) is 9.35. The van der Waals surface area contributed by atoms with E-state index < -0.39 is 0 Å². The van der Waals surface area contributed by atoms with Crippen molar-refractivity contribution < 1.29 is 9.90 Å². The third-order valence-corrected chi connectivity index (χ3v) is 4.54. The van der Waals surface area contributed by atoms with Crippen molar-refractivity contribution in [2.24, 2.45) is 0 Å². The Morgan fingerprint density at radius 2 is 1.71 bits per heavy atom. The number of allylic oxidation sites excluding steroid dienone is 1. The lowest BCUT2D eigenvalue weighted by Crippen LogP contribution is -2.48. The number of unbranched alkanes of at least 4 members (excludes halogenated alkanes) is 5. The molecule has 1 aromatic rings. The Morgan fingerprint density at radius 3 is 2.38 bits per heavy atom. The summed E-state index contributed by atoms with van der Waals surface area (Å²) in [6.45, 7) is 5.39. The zero-order valence-corrected chi connectivity index (χ0v) is 14.8. The molecule has 1 heterocycles. The first-order chi connectivity index (χ1) is 11.7. The molecule has 0 spiro atoms. The summed E-state index contributed by atoms with van der Waals surface area (Å²) in [5.74, 6) is 0.418. The van der Waals surface area contributed by atoms with Gasteiger partial charge >= 0.3 is 0 Å². The molecular formula is C20H30N2O2. The number of piperazine rings is 1. The highest BCUT2D eigenvalue weighted by Gasteiger charge is 2.19. The van der Waals surface area contributed by atoms with Crippen LogP contribution in [0.15, 0.2) is 36.4 Å². The third kappa shape index (κ3) is 5.91. The molecule has 0 aliphatic carbocycles. The number of phenols is 1. The maximum Gasteiger partial charge on any atom is 0.246 e. The third-order valence-electron chi connectivity index (χ3n) is 4.54. The van der Waals surface area contributed by atoms with Crippen LogP contribution in [0.5, 0.6) is 5.75 Å². The van der Waals surface area contributed by atoms with Crippen LogP contribution in [-0.4, -0.2) is 42.1 Å². The van der Waals surface area contributed by atoms with E-state index in [0.29, 0.717) is 0 Å². The Hall–Kier alpha value is -1.97. The lowest BCUT2D eigenvalue weighted by molar-refractivity contribution is -0.126. The number of anilines is 1. The van der Waals surface area contributed by atoms with Crippen molar-refractivity contribution in [1.82, 2.24) is 4.90 Å². The van der Waals surface area contributed by atoms with Gasteiger partial charge in [0.15, 0.2) is 0 Å². The molecule has 1 N–H and O–H groups in total. The van der Waals surface area contributed by atoms with Gasteiger partial charge < -0.3 is 14.9 Å². The van der Waals surface area contributed by atoms with Gasteiger partial charge in [-0.1, -0.05) is 38.7 Å². The number of carbonyl (C=O) groups excluding carboxylic acids is 1. The number of aromatic hydroxyl groups is 1. The summed E-state index contributed by atoms with van der Waals surface area (Å²) in [7, 11) is 0. The van der Waals surface area contributed by atoms with Gasteiger partial charge in [0.05, 0.1) is 0 Å². The second kappa shape index (κ2) is 10.0. The molecule has 0 atom stereocenters. The van der Waals surface area contributed by atoms with Gasteiger partial charge in [-0.25, -0.2) is 0 Å². The second-order valence-electron chi connectivity index (χ2n) is 6.43. The predicted octanol–water partition coefficient (Wildman–Crippen LogP) is 3.96. The molecular weight excluding hydrogens is 300 g/mol. The Bertz CT molecular complexity index is 517. The van der Waals surface area contributed by atoms with E-state index >= 15 is 0 Å². The minimum atomic E-state index is 0.133. The quantitative estimate of drug-likeness (QED) is 0.579. The van der Waals surface area contributed by atoms with Gasteiger partial charge in [-0.3, -0.25) is 4.79 Å². The van der Waals surface area contributed by atoms with E-state index in [9.17, 15) is 9.90 Å². The highest BCUT2D eigenvalue weighted by Crippen LogP contribution is 2.19. The number of carbonyl (C=O) groups is 1. The van der Waals surface area contributed by atoms with Crippen LogP contribution >= 0.6 is 0 Å². The number of nitrogens with zero attached hydrogens (tertiary/aromatic N) is 2. The van der Waals surface area contributed by atoms with Gasteiger partial charge in [0, 0.05) is 31.9 Å². The summed E-state index contributed by atoms with van der Waals surface area (Å²) in [5.41, 5.74) is 1.10. The van der Waals surface area contributed by atoms with Gasteiger partial charge in [-0.05, 0) is 43.2 Å². The fourth-order valence-corrected chi connectivity index (χ4v) is 3.00. The largest absolute Gasteiger partial charge is 0.508 e. The van der Waals surface area contributed by atoms with Crippen molar-refractivity contribution >= 4 is 11.6 Å². The molecule has 1 aliphatic heterocycles. The lowest BCUT2D eigenvalue weighted by atomic mass is 10.1. The number of benzene rings is 1. The van der Waals surface area contributed by atoms with Crippen molar-refractivity contribution in [3.05, 3.63) is 36.4 Å². The first-order valence-electron chi connectivity index (χ1n) is 9.20. The highest BCUT2D eigenvalue weighted by atomic mass is 16.3. The Balaban J connectivity index is 1.67. The molecule has 0 unspecified atom stereocenters. The first kappa shape index (κ1) is 18.4. The van der Waals surface area contributed by atoms with Crippen LogP contribution in [0, 0.1) is 0 Å². The van der Waals surface area contributed by atoms with Gasteiger partial charge in [-0.2, -0.15) is 0 Å². The normalized spacial score (nSPS) is 15.2. The van der Waals surface area contributed by atoms with Gasteiger partial charge in [0.25, 0.3) is 0 Å². The van der Waals surface area contributed by atoms with Gasteiger partial charge in [-0.15, -0.1) is 0 Å². The minimum Gasteiger partial charge on any atom is -0.508 e. The molecule has 1 fully saturated rings. The topological polar surface area (TPSA) is 43.8 Å². The zero-order chi connectivity index (χ0) is 17.2. The summed E-state index contributed by atoms with van der Waals surface area (Å²) in [6.07, 6.45) is 11.1. The second-order valence-corrected chi connectivity index (χ2v) is 6.43. The van der Waals surface area contributed by atoms with E-state index in [2.05, 4.69) is 11.8 Å². The molecule has 0 radical (unpaired) electrons. The number of amides is 1. The van der Waals surface area contributed by atoms with Gasteiger partial charge in [0.2, 0.25) is 5.91 Å². The van der Waals surface area contributed by atoms with Crippen LogP contribution in [0.25, 0.3) is 0 Å². The molecule has 2 rings (SSSR count). The van der Waals surface area contributed by atoms with E-state index in [1.54, 1.807) is 18.2 Å². The standard InChI is InChI=1S/C20H30N2O2/c1-2-3-4-5-6-7-8-9-20(24)22-16-14-21(15-17-22)18-10-12-19(23)13-11-18/h8-13,23H,2-7,14-17H2,1H3. The summed E-state index contributed by atoms with van der Waals surface area (Å²) < 4.78 is 0. The Kier molecular flexibility index (Phi) is 7.66. The van der Waals surface area contributed by atoms with Crippen molar-refractivity contribution in [3.63, 3.8) is 0 Å². The number of phenolic OH excluding ortho intramolecular Hbond substituents is 1. The van der Waals surface area contributed by atoms with E-state index in [0.717, 1.165) is 38.3 Å². The van der Waals surface area contributed by atoms with Crippen molar-refractivity contribution in [1.29, 1.82) is 0 Å². The predicted molar refractivity (Wildman–Crippen MR) is 99.4 cm³/mol. The molecule has 4 heteroatoms. The van der Waals surface area contributed by atoms with Crippen LogP contribution in [0.2, 0.25) is 0 Å². The van der Waals surface area contributed by atoms with E-state index in [1.165, 1.54) is 32.1 Å². The summed E-state index contributed by atoms with van der Waals surface area (Å²) >= 11 is 0. The molecule has 1 saturated heterocycles. The fraction of sp³-hybridized carbons (Fsp3) is 0.550. The van der Waals surface area contributed by atoms with E-state index in [1.807, 2.05) is 23.1 Å². The van der Waals surface area contributed by atoms with Crippen molar-refractivity contribution in [2.75, 3.05) is 31.1 Å². The summed E-state index contributed by atoms with van der Waals surface area (Å²) in [4.78, 5) is 16.4. The molecule has 24 heavy (non-hydrogen) atoms. The number of hydrogen-bond donors (Lipinski definition) is 1. The van der Waals surface area contributed by atoms with Crippen LogP contribution in [0.3, 0.4) is 0 Å². The molecule has 1 amide bonds. The molecule has 0 bridgehead atoms. The van der Waals surface area contributed by atoms with Crippen LogP contribution < -0.4 is 4.90 Å². The maximum absolute atomic E-state index is 12.2. The smallest absolute Gasteiger partial charge is 0.246 e. The Labute approximate surface area is 145 Å². The molecule has 0 aromatic heterocycles. The average molecular weight is 330 g/mol. The summed E-state index contributed by atoms with van der Waals surface area (Å²) in [6, 6.07) is 7.25. The average Bonchev–Trinajstić information content (AvgIpc) is 2.61. The highest BCUT2D eigenvalue weighted by molar-refractivity contribution is 5.87. The van der Waals surface area contributed by atoms with Crippen LogP contribution in [0.1, 0.15) is 45.4 Å². The molecule has 4 nitrogen and oxygen atoms in total. The molecule has 132 valence electrons. The fourth-order valence-electron chi connectivity index (χ4n) is 3.00. The van der Waals surface area contributed by atoms with Gasteiger partial charge in [0.1, 0.15) is 5.75 Å². The van der Waals surface area contributed by atoms with Crippen LogP contribution in [-0.2, 0) is 4.79 Å². The Morgan fingerprint density at radius 1 is 1.04 bits per heavy atom. The van der Waals surface area contributed by atoms with Crippen molar-refractivity contribution in [3.8, 4) is 5.75 Å².